The van der Waals surface area contributed by atoms with Crippen LogP contribution in [0.5, 0.6) is 11.5 Å². The fourth-order valence-electron chi connectivity index (χ4n) is 3.84. The van der Waals surface area contributed by atoms with E-state index in [4.69, 9.17) is 15.6 Å². The van der Waals surface area contributed by atoms with Crippen molar-refractivity contribution in [2.45, 2.75) is 16.7 Å². The van der Waals surface area contributed by atoms with Crippen molar-refractivity contribution in [3.8, 4) is 11.5 Å². The van der Waals surface area contributed by atoms with E-state index in [1.165, 1.54) is 37.4 Å². The van der Waals surface area contributed by atoms with Gasteiger partial charge in [-0.3, -0.25) is 9.11 Å². The molecule has 0 saturated heterocycles. The molecule has 0 heterocycles. The van der Waals surface area contributed by atoms with Crippen LogP contribution < -0.4 is 10.5 Å². The molecule has 0 aliphatic heterocycles. The fourth-order valence-corrected chi connectivity index (χ4v) is 5.13. The molecule has 15 nitrogen and oxygen atoms in total. The summed E-state index contributed by atoms with van der Waals surface area (Å²) in [6, 6.07) is 11.4. The van der Waals surface area contributed by atoms with Crippen molar-refractivity contribution in [3.05, 3.63) is 65.7 Å². The zero-order chi connectivity index (χ0) is 31.0. The van der Waals surface area contributed by atoms with E-state index in [1.807, 2.05) is 0 Å². The van der Waals surface area contributed by atoms with Crippen molar-refractivity contribution in [2.75, 3.05) is 12.8 Å². The lowest BCUT2D eigenvalue weighted by atomic mass is 10.1. The van der Waals surface area contributed by atoms with Gasteiger partial charge in [-0.05, 0) is 60.3 Å². The van der Waals surface area contributed by atoms with Gasteiger partial charge in [0.1, 0.15) is 26.9 Å². The van der Waals surface area contributed by atoms with E-state index in [1.54, 1.807) is 13.0 Å². The molecule has 4 aromatic rings. The summed E-state index contributed by atoms with van der Waals surface area (Å²) < 4.78 is 72.1. The Bertz CT molecular complexity index is 2040. The maximum atomic E-state index is 12.1. The number of rotatable bonds is 8. The van der Waals surface area contributed by atoms with Crippen LogP contribution in [0.1, 0.15) is 15.9 Å². The molecule has 218 valence electrons. The molecule has 0 atom stereocenters. The third-order valence-electron chi connectivity index (χ3n) is 5.86. The Morgan fingerprint density at radius 2 is 1.50 bits per heavy atom. The van der Waals surface area contributed by atoms with Crippen LogP contribution in [-0.2, 0) is 20.2 Å². The van der Waals surface area contributed by atoms with Crippen LogP contribution in [0.2, 0.25) is 0 Å². The molecule has 0 aliphatic carbocycles. The van der Waals surface area contributed by atoms with Crippen LogP contribution in [0.3, 0.4) is 0 Å². The number of nitrogens with two attached hydrogens (primary N) is 1. The minimum absolute atomic E-state index is 0.0271. The first kappa shape index (κ1) is 30.0. The second kappa shape index (κ2) is 11.1. The smallest absolute Gasteiger partial charge is 0.335 e. The Hall–Kier alpha value is -4.97. The molecule has 0 spiro atoms. The number of hydrogen-bond donors (Lipinski definition) is 5. The van der Waals surface area contributed by atoms with Gasteiger partial charge in [0.15, 0.2) is 5.75 Å². The highest BCUT2D eigenvalue weighted by Crippen LogP contribution is 2.44. The summed E-state index contributed by atoms with van der Waals surface area (Å²) in [6.45, 7) is 1.65. The lowest BCUT2D eigenvalue weighted by Gasteiger charge is -2.12. The van der Waals surface area contributed by atoms with Crippen LogP contribution in [0.4, 0.5) is 28.4 Å². The normalized spacial score (nSPS) is 12.4. The number of aromatic carboxylic acids is 1. The lowest BCUT2D eigenvalue weighted by Crippen LogP contribution is -2.04. The fraction of sp³-hybridized carbons (Fsp3) is 0.0800. The molecule has 0 radical (unpaired) electrons. The van der Waals surface area contributed by atoms with Gasteiger partial charge in [0.05, 0.1) is 29.7 Å². The van der Waals surface area contributed by atoms with E-state index in [9.17, 15) is 35.8 Å². The molecule has 0 bridgehead atoms. The van der Waals surface area contributed by atoms with Gasteiger partial charge in [-0.15, -0.1) is 10.2 Å². The number of carboxylic acid groups (broad SMARTS) is 1. The summed E-state index contributed by atoms with van der Waals surface area (Å²) in [5, 5.41) is 35.6. The van der Waals surface area contributed by atoms with E-state index in [-0.39, 0.29) is 33.5 Å². The van der Waals surface area contributed by atoms with Crippen LogP contribution in [0.25, 0.3) is 10.8 Å². The summed E-state index contributed by atoms with van der Waals surface area (Å²) in [5.74, 6) is -1.82. The molecule has 0 amide bonds. The number of anilines is 1. The number of phenolic OH excluding ortho intramolecular Hbond substituents is 1. The Balaban J connectivity index is 1.80. The number of hydrogen-bond acceptors (Lipinski definition) is 12. The molecule has 6 N–H and O–H groups in total. The molecule has 0 fully saturated rings. The zero-order valence-corrected chi connectivity index (χ0v) is 23.3. The predicted octanol–water partition coefficient (Wildman–Crippen LogP) is 5.47. The van der Waals surface area contributed by atoms with Crippen molar-refractivity contribution in [2.24, 2.45) is 20.5 Å². The van der Waals surface area contributed by atoms with Gasteiger partial charge < -0.3 is 20.7 Å². The largest absolute Gasteiger partial charge is 0.505 e. The number of benzene rings is 4. The Kier molecular flexibility index (Phi) is 7.95. The van der Waals surface area contributed by atoms with Crippen LogP contribution in [0.15, 0.2) is 84.8 Å². The van der Waals surface area contributed by atoms with Gasteiger partial charge in [0, 0.05) is 11.5 Å². The average Bonchev–Trinajstić information content (AvgIpc) is 2.90. The monoisotopic (exact) mass is 615 g/mol. The quantitative estimate of drug-likeness (QED) is 0.0943. The van der Waals surface area contributed by atoms with Gasteiger partial charge in [-0.25, -0.2) is 4.79 Å². The van der Waals surface area contributed by atoms with E-state index < -0.39 is 53.1 Å². The Labute approximate surface area is 238 Å². The molecule has 17 heteroatoms. The zero-order valence-electron chi connectivity index (χ0n) is 21.6. The van der Waals surface area contributed by atoms with Crippen molar-refractivity contribution in [3.63, 3.8) is 0 Å². The van der Waals surface area contributed by atoms with E-state index in [0.29, 0.717) is 11.3 Å². The van der Waals surface area contributed by atoms with Gasteiger partial charge in [0.2, 0.25) is 0 Å². The highest BCUT2D eigenvalue weighted by Gasteiger charge is 2.24. The second-order valence-corrected chi connectivity index (χ2v) is 11.5. The van der Waals surface area contributed by atoms with Gasteiger partial charge in [-0.1, -0.05) is 6.07 Å². The van der Waals surface area contributed by atoms with Crippen molar-refractivity contribution < 1.29 is 45.7 Å². The Morgan fingerprint density at radius 3 is 2.12 bits per heavy atom. The molecule has 0 aliphatic rings. The minimum Gasteiger partial charge on any atom is -0.505 e. The van der Waals surface area contributed by atoms with E-state index >= 15 is 0 Å². The molecule has 4 rings (SSSR count). The summed E-state index contributed by atoms with van der Waals surface area (Å²) in [5.41, 5.74) is 5.76. The molecular weight excluding hydrogens is 594 g/mol. The Morgan fingerprint density at radius 1 is 0.857 bits per heavy atom. The maximum absolute atomic E-state index is 12.1. The maximum Gasteiger partial charge on any atom is 0.335 e. The summed E-state index contributed by atoms with van der Waals surface area (Å²) in [6.07, 6.45) is 0. The number of phenols is 1. The van der Waals surface area contributed by atoms with Crippen molar-refractivity contribution >= 4 is 65.4 Å². The van der Waals surface area contributed by atoms with E-state index in [2.05, 4.69) is 20.5 Å². The first-order chi connectivity index (χ1) is 19.6. The van der Waals surface area contributed by atoms with Crippen molar-refractivity contribution in [1.29, 1.82) is 0 Å². The first-order valence-corrected chi connectivity index (χ1v) is 14.4. The average molecular weight is 616 g/mol. The number of ether oxygens (including phenoxy) is 1. The van der Waals surface area contributed by atoms with Gasteiger partial charge in [-0.2, -0.15) is 27.1 Å². The number of aromatic hydroxyl groups is 1. The number of nitrogen functional groups attached to an aromatic ring is 1. The van der Waals surface area contributed by atoms with Crippen LogP contribution >= 0.6 is 0 Å². The predicted molar refractivity (Wildman–Crippen MR) is 149 cm³/mol. The SMILES string of the molecule is COc1cc(N=Nc2cccc(C(=O)O)c2)c(C)cc1N=Nc1c(S(=O)(=O)O)cc2cc(S(=O)(=O)O)c(N)cc2c1O. The van der Waals surface area contributed by atoms with Gasteiger partial charge in [0.25, 0.3) is 20.2 Å². The van der Waals surface area contributed by atoms with E-state index in [0.717, 1.165) is 18.2 Å². The number of fused-ring (bicyclic) bond motifs is 1. The number of carbonyl (C=O) groups is 1. The molecule has 4 aromatic carbocycles. The highest BCUT2D eigenvalue weighted by molar-refractivity contribution is 7.86. The lowest BCUT2D eigenvalue weighted by molar-refractivity contribution is 0.0696. The molecule has 42 heavy (non-hydrogen) atoms. The third-order valence-corrected chi connectivity index (χ3v) is 7.64. The second-order valence-electron chi connectivity index (χ2n) is 8.70. The number of aryl methyl sites for hydroxylation is 1. The summed E-state index contributed by atoms with van der Waals surface area (Å²) in [4.78, 5) is 9.54. The number of azo groups is 2. The van der Waals surface area contributed by atoms with Crippen LogP contribution in [0, 0.1) is 6.92 Å². The third kappa shape index (κ3) is 6.18. The molecular formula is C25H21N5O10S2. The standard InChI is InChI=1S/C25H21N5O10S2/c1-12-6-19(20(40-2)11-18(12)28-27-15-5-3-4-13(7-15)25(32)33)29-30-23-22(42(37,38)39)9-14-8-21(41(34,35)36)17(26)10-16(14)24(23)31/h3-11,31H,26H2,1-2H3,(H,32,33)(H,34,35,36)(H,37,38,39). The number of nitrogens with zero attached hydrogens (tertiary/aromatic N) is 4. The number of carboxylic acids is 1. The molecule has 0 aromatic heterocycles. The summed E-state index contributed by atoms with van der Waals surface area (Å²) in [7, 11) is -8.52. The molecule has 0 unspecified atom stereocenters. The topological polar surface area (TPSA) is 251 Å². The van der Waals surface area contributed by atoms with Gasteiger partial charge >= 0.3 is 5.97 Å². The minimum atomic E-state index is -5.04. The number of methoxy groups -OCH3 is 1. The highest BCUT2D eigenvalue weighted by atomic mass is 32.2. The van der Waals surface area contributed by atoms with Crippen molar-refractivity contribution in [1.82, 2.24) is 0 Å². The van der Waals surface area contributed by atoms with Crippen LogP contribution in [-0.4, -0.2) is 49.2 Å². The summed E-state index contributed by atoms with van der Waals surface area (Å²) >= 11 is 0. The molecule has 0 saturated carbocycles. The first-order valence-electron chi connectivity index (χ1n) is 11.5.